The first-order valence-corrected chi connectivity index (χ1v) is 6.85. The molecule has 0 saturated heterocycles. The lowest BCUT2D eigenvalue weighted by atomic mass is 9.86. The number of benzene rings is 1. The molecule has 0 heterocycles. The highest BCUT2D eigenvalue weighted by molar-refractivity contribution is 6.31. The van der Waals surface area contributed by atoms with Gasteiger partial charge in [-0.15, -0.1) is 0 Å². The molecule has 4 nitrogen and oxygen atoms in total. The summed E-state index contributed by atoms with van der Waals surface area (Å²) in [6.45, 7) is 5.33. The quantitative estimate of drug-likeness (QED) is 0.878. The van der Waals surface area contributed by atoms with Gasteiger partial charge in [0.05, 0.1) is 0 Å². The number of carbonyl (C=O) groups is 2. The minimum absolute atomic E-state index is 0.212. The summed E-state index contributed by atoms with van der Waals surface area (Å²) in [6, 6.07) is 6.40. The van der Waals surface area contributed by atoms with Crippen LogP contribution in [-0.4, -0.2) is 23.0 Å². The third-order valence-electron chi connectivity index (χ3n) is 3.00. The molecule has 0 aliphatic rings. The van der Waals surface area contributed by atoms with Crippen LogP contribution in [0.15, 0.2) is 24.3 Å². The number of nitrogens with one attached hydrogen (secondary N) is 1. The second-order valence-corrected chi connectivity index (χ2v) is 6.20. The molecule has 1 aromatic carbocycles. The van der Waals surface area contributed by atoms with Crippen LogP contribution in [0.1, 0.15) is 32.8 Å². The SMILES string of the molecule is CC(C)(C)[C@@H](NC(=O)CCc1ccccc1Cl)C(=O)O. The number of carboxylic acids is 1. The average molecular weight is 298 g/mol. The molecule has 0 saturated carbocycles. The van der Waals surface area contributed by atoms with Gasteiger partial charge in [0, 0.05) is 11.4 Å². The van der Waals surface area contributed by atoms with E-state index in [0.717, 1.165) is 5.56 Å². The normalized spacial score (nSPS) is 12.8. The van der Waals surface area contributed by atoms with Gasteiger partial charge in [-0.2, -0.15) is 0 Å². The van der Waals surface area contributed by atoms with Crippen LogP contribution in [0.25, 0.3) is 0 Å². The molecule has 2 N–H and O–H groups in total. The van der Waals surface area contributed by atoms with Gasteiger partial charge in [-0.1, -0.05) is 50.6 Å². The van der Waals surface area contributed by atoms with E-state index in [-0.39, 0.29) is 12.3 Å². The van der Waals surface area contributed by atoms with Crippen molar-refractivity contribution in [2.75, 3.05) is 0 Å². The van der Waals surface area contributed by atoms with Gasteiger partial charge in [-0.05, 0) is 23.5 Å². The Labute approximate surface area is 124 Å². The molecule has 5 heteroatoms. The number of aryl methyl sites for hydroxylation is 1. The van der Waals surface area contributed by atoms with E-state index >= 15 is 0 Å². The molecule has 0 unspecified atom stereocenters. The predicted molar refractivity (Wildman–Crippen MR) is 78.8 cm³/mol. The summed E-state index contributed by atoms with van der Waals surface area (Å²) in [5, 5.41) is 12.3. The van der Waals surface area contributed by atoms with Gasteiger partial charge in [-0.25, -0.2) is 4.79 Å². The van der Waals surface area contributed by atoms with Crippen LogP contribution in [0.2, 0.25) is 5.02 Å². The standard InChI is InChI=1S/C15H20ClNO3/c1-15(2,3)13(14(19)20)17-12(18)9-8-10-6-4-5-7-11(10)16/h4-7,13H,8-9H2,1-3H3,(H,17,18)(H,19,20)/t13-/m0/s1. The Bertz CT molecular complexity index is 494. The van der Waals surface area contributed by atoms with Crippen molar-refractivity contribution >= 4 is 23.5 Å². The minimum atomic E-state index is -1.02. The van der Waals surface area contributed by atoms with Gasteiger partial charge in [0.1, 0.15) is 6.04 Å². The van der Waals surface area contributed by atoms with Crippen molar-refractivity contribution in [3.8, 4) is 0 Å². The first kappa shape index (κ1) is 16.5. The number of rotatable bonds is 5. The average Bonchev–Trinajstić information content (AvgIpc) is 2.33. The van der Waals surface area contributed by atoms with E-state index in [1.165, 1.54) is 0 Å². The molecular weight excluding hydrogens is 278 g/mol. The fourth-order valence-electron chi connectivity index (χ4n) is 1.83. The number of carbonyl (C=O) groups excluding carboxylic acids is 1. The Balaban J connectivity index is 2.60. The smallest absolute Gasteiger partial charge is 0.326 e. The monoisotopic (exact) mass is 297 g/mol. The molecule has 0 aliphatic carbocycles. The molecule has 0 fully saturated rings. The van der Waals surface area contributed by atoms with Crippen LogP contribution in [0.5, 0.6) is 0 Å². The van der Waals surface area contributed by atoms with E-state index in [1.807, 2.05) is 18.2 Å². The summed E-state index contributed by atoms with van der Waals surface area (Å²) in [7, 11) is 0. The zero-order valence-electron chi connectivity index (χ0n) is 11.9. The Morgan fingerprint density at radius 1 is 1.30 bits per heavy atom. The van der Waals surface area contributed by atoms with Crippen LogP contribution in [0.4, 0.5) is 0 Å². The molecule has 0 spiro atoms. The lowest BCUT2D eigenvalue weighted by molar-refractivity contribution is -0.144. The highest BCUT2D eigenvalue weighted by Gasteiger charge is 2.32. The zero-order chi connectivity index (χ0) is 15.3. The number of halogens is 1. The van der Waals surface area contributed by atoms with Crippen molar-refractivity contribution in [2.24, 2.45) is 5.41 Å². The topological polar surface area (TPSA) is 66.4 Å². The molecule has 1 aromatic rings. The lowest BCUT2D eigenvalue weighted by Gasteiger charge is -2.27. The first-order chi connectivity index (χ1) is 9.21. The molecule has 1 amide bonds. The van der Waals surface area contributed by atoms with Gasteiger partial charge in [0.15, 0.2) is 0 Å². The van der Waals surface area contributed by atoms with E-state index in [0.29, 0.717) is 11.4 Å². The number of amides is 1. The highest BCUT2D eigenvalue weighted by atomic mass is 35.5. The minimum Gasteiger partial charge on any atom is -0.480 e. The predicted octanol–water partition coefficient (Wildman–Crippen LogP) is 2.89. The maximum Gasteiger partial charge on any atom is 0.326 e. The molecule has 1 rings (SSSR count). The van der Waals surface area contributed by atoms with E-state index < -0.39 is 17.4 Å². The van der Waals surface area contributed by atoms with Crippen molar-refractivity contribution in [3.63, 3.8) is 0 Å². The Kier molecular flexibility index (Phi) is 5.57. The van der Waals surface area contributed by atoms with Crippen LogP contribution in [0, 0.1) is 5.41 Å². The largest absolute Gasteiger partial charge is 0.480 e. The van der Waals surface area contributed by atoms with Crippen molar-refractivity contribution in [3.05, 3.63) is 34.9 Å². The molecule has 1 atom stereocenters. The molecular formula is C15H20ClNO3. The number of aliphatic carboxylic acids is 1. The summed E-state index contributed by atoms with van der Waals surface area (Å²) in [4.78, 5) is 23.0. The summed E-state index contributed by atoms with van der Waals surface area (Å²) in [5.41, 5.74) is 0.346. The van der Waals surface area contributed by atoms with Crippen molar-refractivity contribution in [1.82, 2.24) is 5.32 Å². The number of hydrogen-bond donors (Lipinski definition) is 2. The molecule has 0 bridgehead atoms. The van der Waals surface area contributed by atoms with E-state index in [1.54, 1.807) is 26.8 Å². The van der Waals surface area contributed by atoms with Gasteiger partial charge in [-0.3, -0.25) is 4.79 Å². The van der Waals surface area contributed by atoms with Gasteiger partial charge in [0.25, 0.3) is 0 Å². The maximum atomic E-state index is 11.9. The second-order valence-electron chi connectivity index (χ2n) is 5.80. The first-order valence-electron chi connectivity index (χ1n) is 6.47. The van der Waals surface area contributed by atoms with Crippen molar-refractivity contribution in [1.29, 1.82) is 0 Å². The molecule has 0 radical (unpaired) electrons. The Morgan fingerprint density at radius 3 is 2.40 bits per heavy atom. The lowest BCUT2D eigenvalue weighted by Crippen LogP contribution is -2.49. The second kappa shape index (κ2) is 6.75. The molecule has 110 valence electrons. The van der Waals surface area contributed by atoms with Gasteiger partial charge in [0.2, 0.25) is 5.91 Å². The molecule has 0 aromatic heterocycles. The van der Waals surface area contributed by atoms with Gasteiger partial charge >= 0.3 is 5.97 Å². The molecule has 20 heavy (non-hydrogen) atoms. The fourth-order valence-corrected chi connectivity index (χ4v) is 2.06. The van der Waals surface area contributed by atoms with Crippen molar-refractivity contribution in [2.45, 2.75) is 39.7 Å². The fraction of sp³-hybridized carbons (Fsp3) is 0.467. The number of hydrogen-bond acceptors (Lipinski definition) is 2. The zero-order valence-corrected chi connectivity index (χ0v) is 12.7. The van der Waals surface area contributed by atoms with E-state index in [4.69, 9.17) is 16.7 Å². The van der Waals surface area contributed by atoms with Crippen LogP contribution in [0.3, 0.4) is 0 Å². The highest BCUT2D eigenvalue weighted by Crippen LogP contribution is 2.20. The van der Waals surface area contributed by atoms with Crippen LogP contribution >= 0.6 is 11.6 Å². The van der Waals surface area contributed by atoms with Crippen LogP contribution < -0.4 is 5.32 Å². The van der Waals surface area contributed by atoms with E-state index in [9.17, 15) is 9.59 Å². The Morgan fingerprint density at radius 2 is 1.90 bits per heavy atom. The van der Waals surface area contributed by atoms with E-state index in [2.05, 4.69) is 5.32 Å². The summed E-state index contributed by atoms with van der Waals surface area (Å²) >= 11 is 6.01. The summed E-state index contributed by atoms with van der Waals surface area (Å²) < 4.78 is 0. The molecule has 0 aliphatic heterocycles. The van der Waals surface area contributed by atoms with Gasteiger partial charge < -0.3 is 10.4 Å². The maximum absolute atomic E-state index is 11.9. The van der Waals surface area contributed by atoms with Crippen LogP contribution in [-0.2, 0) is 16.0 Å². The summed E-state index contributed by atoms with van der Waals surface area (Å²) in [6.07, 6.45) is 0.700. The Hall–Kier alpha value is -1.55. The van der Waals surface area contributed by atoms with Crippen molar-refractivity contribution < 1.29 is 14.7 Å². The number of carboxylic acid groups (broad SMARTS) is 1. The third kappa shape index (κ3) is 4.85. The summed E-state index contributed by atoms with van der Waals surface area (Å²) in [5.74, 6) is -1.31. The third-order valence-corrected chi connectivity index (χ3v) is 3.37.